The zero-order valence-electron chi connectivity index (χ0n) is 7.79. The Morgan fingerprint density at radius 2 is 2.15 bits per heavy atom. The maximum absolute atomic E-state index is 11.5. The van der Waals surface area contributed by atoms with E-state index in [0.29, 0.717) is 12.6 Å². The molecule has 2 fully saturated rings. The van der Waals surface area contributed by atoms with E-state index in [1.807, 2.05) is 4.90 Å². The molecule has 2 aliphatic rings. The van der Waals surface area contributed by atoms with Crippen LogP contribution in [0.1, 0.15) is 12.8 Å². The molecule has 0 aromatic carbocycles. The number of carbonyl (C=O) groups excluding carboxylic acids is 1. The van der Waals surface area contributed by atoms with Crippen LogP contribution in [-0.2, 0) is 9.53 Å². The van der Waals surface area contributed by atoms with Crippen LogP contribution in [0.15, 0.2) is 0 Å². The zero-order valence-corrected chi connectivity index (χ0v) is 7.79. The maximum Gasteiger partial charge on any atom is 0.236 e. The Hall–Kier alpha value is -0.610. The van der Waals surface area contributed by atoms with Crippen LogP contribution in [0.25, 0.3) is 0 Å². The minimum atomic E-state index is 0.248. The van der Waals surface area contributed by atoms with E-state index in [-0.39, 0.29) is 5.91 Å². The number of amides is 1. The molecule has 0 aromatic rings. The maximum atomic E-state index is 11.5. The highest BCUT2D eigenvalue weighted by atomic mass is 16.5. The first-order chi connectivity index (χ1) is 6.38. The van der Waals surface area contributed by atoms with Gasteiger partial charge in [-0.2, -0.15) is 0 Å². The fourth-order valence-electron chi connectivity index (χ4n) is 2.00. The Kier molecular flexibility index (Phi) is 2.80. The Morgan fingerprint density at radius 1 is 1.38 bits per heavy atom. The highest BCUT2D eigenvalue weighted by molar-refractivity contribution is 5.79. The normalized spacial score (nSPS) is 26.5. The Morgan fingerprint density at radius 3 is 2.85 bits per heavy atom. The van der Waals surface area contributed by atoms with Gasteiger partial charge in [-0.05, 0) is 12.8 Å². The molecule has 0 unspecified atom stereocenters. The van der Waals surface area contributed by atoms with Crippen molar-refractivity contribution >= 4 is 5.91 Å². The Bertz CT molecular complexity index is 190. The molecule has 2 saturated heterocycles. The summed E-state index contributed by atoms with van der Waals surface area (Å²) in [6.07, 6.45) is 2.01. The van der Waals surface area contributed by atoms with Gasteiger partial charge in [-0.1, -0.05) is 0 Å². The van der Waals surface area contributed by atoms with Crippen molar-refractivity contribution in [1.82, 2.24) is 10.2 Å². The molecular weight excluding hydrogens is 168 g/mol. The van der Waals surface area contributed by atoms with Gasteiger partial charge < -0.3 is 15.0 Å². The van der Waals surface area contributed by atoms with Crippen molar-refractivity contribution in [1.29, 1.82) is 0 Å². The number of carbonyl (C=O) groups is 1. The van der Waals surface area contributed by atoms with Crippen molar-refractivity contribution in [3.8, 4) is 0 Å². The molecule has 2 heterocycles. The van der Waals surface area contributed by atoms with E-state index in [9.17, 15) is 4.79 Å². The van der Waals surface area contributed by atoms with Gasteiger partial charge in [-0.25, -0.2) is 0 Å². The third-order valence-corrected chi connectivity index (χ3v) is 2.76. The molecule has 0 atom stereocenters. The van der Waals surface area contributed by atoms with Crippen LogP contribution in [0.4, 0.5) is 0 Å². The Labute approximate surface area is 78.2 Å². The van der Waals surface area contributed by atoms with Crippen LogP contribution >= 0.6 is 0 Å². The Balaban J connectivity index is 1.92. The van der Waals surface area contributed by atoms with Gasteiger partial charge >= 0.3 is 0 Å². The third-order valence-electron chi connectivity index (χ3n) is 2.76. The van der Waals surface area contributed by atoms with E-state index in [1.165, 1.54) is 0 Å². The van der Waals surface area contributed by atoms with Crippen LogP contribution in [0.5, 0.6) is 0 Å². The van der Waals surface area contributed by atoms with Gasteiger partial charge in [-0.3, -0.25) is 4.79 Å². The lowest BCUT2D eigenvalue weighted by Crippen LogP contribution is -2.53. The first-order valence-corrected chi connectivity index (χ1v) is 4.96. The van der Waals surface area contributed by atoms with Gasteiger partial charge in [0.15, 0.2) is 0 Å². The fraction of sp³-hybridized carbons (Fsp3) is 0.889. The summed E-state index contributed by atoms with van der Waals surface area (Å²) in [5, 5.41) is 3.08. The second kappa shape index (κ2) is 4.07. The lowest BCUT2D eigenvalue weighted by Gasteiger charge is -2.36. The second-order valence-electron chi connectivity index (χ2n) is 3.61. The third kappa shape index (κ3) is 2.00. The first-order valence-electron chi connectivity index (χ1n) is 4.96. The van der Waals surface area contributed by atoms with Crippen molar-refractivity contribution in [2.75, 3.05) is 32.8 Å². The molecular formula is C9H16N2O2. The minimum absolute atomic E-state index is 0.248. The summed E-state index contributed by atoms with van der Waals surface area (Å²) in [7, 11) is 0. The van der Waals surface area contributed by atoms with Crippen LogP contribution in [-0.4, -0.2) is 49.7 Å². The largest absolute Gasteiger partial charge is 0.381 e. The number of nitrogens with zero attached hydrogens (tertiary/aromatic N) is 1. The molecule has 4 heteroatoms. The molecule has 0 aromatic heterocycles. The molecule has 0 radical (unpaired) electrons. The summed E-state index contributed by atoms with van der Waals surface area (Å²) in [6.45, 7) is 3.92. The standard InChI is InChI=1S/C9H16N2O2/c12-9-7-10-3-4-11(9)8-1-5-13-6-2-8/h8,10H,1-7H2. The smallest absolute Gasteiger partial charge is 0.236 e. The molecule has 1 N–H and O–H groups in total. The van der Waals surface area contributed by atoms with E-state index in [2.05, 4.69) is 5.32 Å². The average Bonchev–Trinajstić information content (AvgIpc) is 2.20. The predicted molar refractivity (Wildman–Crippen MR) is 48.4 cm³/mol. The zero-order chi connectivity index (χ0) is 9.10. The van der Waals surface area contributed by atoms with Crippen LogP contribution in [0.3, 0.4) is 0 Å². The van der Waals surface area contributed by atoms with Crippen molar-refractivity contribution < 1.29 is 9.53 Å². The molecule has 0 spiro atoms. The van der Waals surface area contributed by atoms with E-state index in [0.717, 1.165) is 39.1 Å². The molecule has 1 amide bonds. The van der Waals surface area contributed by atoms with E-state index in [4.69, 9.17) is 4.74 Å². The molecule has 0 bridgehead atoms. The van der Waals surface area contributed by atoms with Gasteiger partial charge in [-0.15, -0.1) is 0 Å². The monoisotopic (exact) mass is 184 g/mol. The molecule has 2 aliphatic heterocycles. The van der Waals surface area contributed by atoms with E-state index in [1.54, 1.807) is 0 Å². The molecule has 4 nitrogen and oxygen atoms in total. The number of piperazine rings is 1. The summed E-state index contributed by atoms with van der Waals surface area (Å²) in [6, 6.07) is 0.434. The van der Waals surface area contributed by atoms with Gasteiger partial charge in [0.05, 0.1) is 6.54 Å². The molecule has 0 saturated carbocycles. The molecule has 2 rings (SSSR count). The SMILES string of the molecule is O=C1CNCCN1C1CCOCC1. The van der Waals surface area contributed by atoms with Crippen molar-refractivity contribution in [2.45, 2.75) is 18.9 Å². The topological polar surface area (TPSA) is 41.6 Å². The number of hydrogen-bond donors (Lipinski definition) is 1. The van der Waals surface area contributed by atoms with E-state index < -0.39 is 0 Å². The molecule has 0 aliphatic carbocycles. The molecule has 13 heavy (non-hydrogen) atoms. The van der Waals surface area contributed by atoms with Crippen molar-refractivity contribution in [2.24, 2.45) is 0 Å². The quantitative estimate of drug-likeness (QED) is 0.603. The highest BCUT2D eigenvalue weighted by Gasteiger charge is 2.26. The van der Waals surface area contributed by atoms with E-state index >= 15 is 0 Å². The number of rotatable bonds is 1. The summed E-state index contributed by atoms with van der Waals surface area (Å²) in [5.74, 6) is 0.248. The van der Waals surface area contributed by atoms with Crippen LogP contribution < -0.4 is 5.32 Å². The van der Waals surface area contributed by atoms with Gasteiger partial charge in [0.2, 0.25) is 5.91 Å². The minimum Gasteiger partial charge on any atom is -0.381 e. The van der Waals surface area contributed by atoms with Crippen LogP contribution in [0, 0.1) is 0 Å². The number of ether oxygens (including phenoxy) is 1. The summed E-state index contributed by atoms with van der Waals surface area (Å²) >= 11 is 0. The summed E-state index contributed by atoms with van der Waals surface area (Å²) in [5.41, 5.74) is 0. The van der Waals surface area contributed by atoms with Crippen LogP contribution in [0.2, 0.25) is 0 Å². The second-order valence-corrected chi connectivity index (χ2v) is 3.61. The van der Waals surface area contributed by atoms with Crippen molar-refractivity contribution in [3.05, 3.63) is 0 Å². The van der Waals surface area contributed by atoms with Crippen molar-refractivity contribution in [3.63, 3.8) is 0 Å². The average molecular weight is 184 g/mol. The van der Waals surface area contributed by atoms with Gasteiger partial charge in [0.1, 0.15) is 0 Å². The lowest BCUT2D eigenvalue weighted by molar-refractivity contribution is -0.136. The lowest BCUT2D eigenvalue weighted by atomic mass is 10.1. The summed E-state index contributed by atoms with van der Waals surface area (Å²) < 4.78 is 5.27. The first kappa shape index (κ1) is 8.97. The fourth-order valence-corrected chi connectivity index (χ4v) is 2.00. The number of nitrogens with one attached hydrogen (secondary N) is 1. The predicted octanol–water partition coefficient (Wildman–Crippen LogP) is -0.403. The number of hydrogen-bond acceptors (Lipinski definition) is 3. The van der Waals surface area contributed by atoms with Gasteiger partial charge in [0.25, 0.3) is 0 Å². The summed E-state index contributed by atoms with van der Waals surface area (Å²) in [4.78, 5) is 13.5. The van der Waals surface area contributed by atoms with Gasteiger partial charge in [0, 0.05) is 32.3 Å². The molecule has 74 valence electrons. The highest BCUT2D eigenvalue weighted by Crippen LogP contribution is 2.15.